The van der Waals surface area contributed by atoms with Crippen LogP contribution in [0.2, 0.25) is 5.02 Å². The van der Waals surface area contributed by atoms with Gasteiger partial charge in [-0.1, -0.05) is 59.2 Å². The maximum atomic E-state index is 6.13. The van der Waals surface area contributed by atoms with Gasteiger partial charge in [0, 0.05) is 11.4 Å². The first kappa shape index (κ1) is 13.8. The van der Waals surface area contributed by atoms with Crippen LogP contribution in [0.4, 0.5) is 0 Å². The normalized spacial score (nSPS) is 12.3. The SMILES string of the molecule is N[C@@H](c1ccccc1)c1nc(Cc2ccc(Cl)cc2)no1. The van der Waals surface area contributed by atoms with Crippen molar-refractivity contribution < 1.29 is 4.52 Å². The highest BCUT2D eigenvalue weighted by molar-refractivity contribution is 6.30. The molecular formula is C16H14ClN3O. The van der Waals surface area contributed by atoms with Gasteiger partial charge >= 0.3 is 0 Å². The van der Waals surface area contributed by atoms with Gasteiger partial charge in [0.25, 0.3) is 0 Å². The van der Waals surface area contributed by atoms with Gasteiger partial charge in [0.05, 0.1) is 0 Å². The van der Waals surface area contributed by atoms with E-state index in [0.29, 0.717) is 23.2 Å². The van der Waals surface area contributed by atoms with E-state index in [1.165, 1.54) is 0 Å². The summed E-state index contributed by atoms with van der Waals surface area (Å²) in [6.45, 7) is 0. The van der Waals surface area contributed by atoms with E-state index in [4.69, 9.17) is 21.9 Å². The second kappa shape index (κ2) is 6.08. The summed E-state index contributed by atoms with van der Waals surface area (Å²) in [5.41, 5.74) is 8.14. The Hall–Kier alpha value is -2.17. The second-order valence-corrected chi connectivity index (χ2v) is 5.18. The van der Waals surface area contributed by atoms with Crippen LogP contribution in [-0.2, 0) is 6.42 Å². The molecule has 21 heavy (non-hydrogen) atoms. The summed E-state index contributed by atoms with van der Waals surface area (Å²) in [4.78, 5) is 4.37. The highest BCUT2D eigenvalue weighted by Gasteiger charge is 2.16. The molecule has 0 aliphatic rings. The summed E-state index contributed by atoms with van der Waals surface area (Å²) in [5.74, 6) is 1.03. The molecule has 3 aromatic rings. The zero-order valence-electron chi connectivity index (χ0n) is 11.2. The van der Waals surface area contributed by atoms with E-state index < -0.39 is 6.04 Å². The maximum Gasteiger partial charge on any atom is 0.248 e. The predicted octanol–water partition coefficient (Wildman–Crippen LogP) is 3.36. The van der Waals surface area contributed by atoms with E-state index in [1.807, 2.05) is 54.6 Å². The highest BCUT2D eigenvalue weighted by atomic mass is 35.5. The maximum absolute atomic E-state index is 6.13. The molecule has 0 amide bonds. The lowest BCUT2D eigenvalue weighted by Gasteiger charge is -2.05. The number of aromatic nitrogens is 2. The smallest absolute Gasteiger partial charge is 0.248 e. The number of benzene rings is 2. The first-order valence-corrected chi connectivity index (χ1v) is 6.97. The molecule has 0 saturated carbocycles. The van der Waals surface area contributed by atoms with E-state index in [-0.39, 0.29) is 0 Å². The van der Waals surface area contributed by atoms with Crippen molar-refractivity contribution >= 4 is 11.6 Å². The summed E-state index contributed by atoms with van der Waals surface area (Å²) in [6.07, 6.45) is 0.585. The first-order valence-electron chi connectivity index (χ1n) is 6.60. The third-order valence-corrected chi connectivity index (χ3v) is 3.44. The lowest BCUT2D eigenvalue weighted by Crippen LogP contribution is -2.12. The number of rotatable bonds is 4. The van der Waals surface area contributed by atoms with E-state index in [2.05, 4.69) is 10.1 Å². The number of hydrogen-bond donors (Lipinski definition) is 1. The first-order chi connectivity index (χ1) is 10.2. The Morgan fingerprint density at radius 1 is 1.05 bits per heavy atom. The molecule has 3 rings (SSSR count). The van der Waals surface area contributed by atoms with Crippen LogP contribution in [0.3, 0.4) is 0 Å². The van der Waals surface area contributed by atoms with Crippen molar-refractivity contribution in [1.29, 1.82) is 0 Å². The van der Waals surface area contributed by atoms with Crippen LogP contribution in [0, 0.1) is 0 Å². The topological polar surface area (TPSA) is 64.9 Å². The van der Waals surface area contributed by atoms with Gasteiger partial charge in [-0.05, 0) is 23.3 Å². The van der Waals surface area contributed by atoms with Gasteiger partial charge in [-0.25, -0.2) is 0 Å². The van der Waals surface area contributed by atoms with Crippen LogP contribution in [0.1, 0.15) is 28.9 Å². The Bertz CT molecular complexity index is 710. The molecule has 1 heterocycles. The Morgan fingerprint density at radius 2 is 1.76 bits per heavy atom. The molecule has 0 radical (unpaired) electrons. The zero-order chi connectivity index (χ0) is 14.7. The summed E-state index contributed by atoms with van der Waals surface area (Å²) < 4.78 is 5.26. The number of halogens is 1. The summed E-state index contributed by atoms with van der Waals surface area (Å²) in [5, 5.41) is 4.69. The molecule has 0 fully saturated rings. The zero-order valence-corrected chi connectivity index (χ0v) is 12.0. The summed E-state index contributed by atoms with van der Waals surface area (Å²) in [7, 11) is 0. The Balaban J connectivity index is 1.75. The number of hydrogen-bond acceptors (Lipinski definition) is 4. The largest absolute Gasteiger partial charge is 0.337 e. The fraction of sp³-hybridized carbons (Fsp3) is 0.125. The van der Waals surface area contributed by atoms with E-state index in [1.54, 1.807) is 0 Å². The highest BCUT2D eigenvalue weighted by Crippen LogP contribution is 2.18. The molecular weight excluding hydrogens is 286 g/mol. The molecule has 0 spiro atoms. The van der Waals surface area contributed by atoms with Gasteiger partial charge in [0.15, 0.2) is 5.82 Å². The number of nitrogens with two attached hydrogens (primary N) is 1. The van der Waals surface area contributed by atoms with Gasteiger partial charge in [-0.3, -0.25) is 0 Å². The van der Waals surface area contributed by atoms with Gasteiger partial charge < -0.3 is 10.3 Å². The van der Waals surface area contributed by atoms with Crippen molar-refractivity contribution in [3.8, 4) is 0 Å². The Labute approximate surface area is 127 Å². The molecule has 0 aliphatic heterocycles. The van der Waals surface area contributed by atoms with Gasteiger partial charge in [-0.15, -0.1) is 0 Å². The molecule has 4 nitrogen and oxygen atoms in total. The predicted molar refractivity (Wildman–Crippen MR) is 81.0 cm³/mol. The minimum Gasteiger partial charge on any atom is -0.337 e. The van der Waals surface area contributed by atoms with Crippen molar-refractivity contribution in [2.45, 2.75) is 12.5 Å². The molecule has 0 saturated heterocycles. The van der Waals surface area contributed by atoms with Crippen molar-refractivity contribution in [3.05, 3.63) is 82.5 Å². The Morgan fingerprint density at radius 3 is 2.48 bits per heavy atom. The minimum absolute atomic E-state index is 0.405. The second-order valence-electron chi connectivity index (χ2n) is 4.74. The molecule has 2 aromatic carbocycles. The molecule has 1 atom stereocenters. The van der Waals surface area contributed by atoms with Gasteiger partial charge in [0.2, 0.25) is 5.89 Å². The van der Waals surface area contributed by atoms with Crippen molar-refractivity contribution in [2.24, 2.45) is 5.73 Å². The monoisotopic (exact) mass is 299 g/mol. The molecule has 106 valence electrons. The van der Waals surface area contributed by atoms with E-state index >= 15 is 0 Å². The lowest BCUT2D eigenvalue weighted by molar-refractivity contribution is 0.363. The van der Waals surface area contributed by atoms with Gasteiger partial charge in [-0.2, -0.15) is 4.98 Å². The molecule has 2 N–H and O–H groups in total. The average Bonchev–Trinajstić information content (AvgIpc) is 2.98. The fourth-order valence-corrected chi connectivity index (χ4v) is 2.18. The van der Waals surface area contributed by atoms with Crippen LogP contribution < -0.4 is 5.73 Å². The molecule has 0 unspecified atom stereocenters. The van der Waals surface area contributed by atoms with Crippen LogP contribution >= 0.6 is 11.6 Å². The third kappa shape index (κ3) is 3.29. The van der Waals surface area contributed by atoms with Crippen molar-refractivity contribution in [3.63, 3.8) is 0 Å². The Kier molecular flexibility index (Phi) is 3.99. The van der Waals surface area contributed by atoms with Crippen molar-refractivity contribution in [2.75, 3.05) is 0 Å². The van der Waals surface area contributed by atoms with E-state index in [0.717, 1.165) is 11.1 Å². The quantitative estimate of drug-likeness (QED) is 0.802. The third-order valence-electron chi connectivity index (χ3n) is 3.18. The molecule has 1 aromatic heterocycles. The molecule has 5 heteroatoms. The average molecular weight is 300 g/mol. The summed E-state index contributed by atoms with van der Waals surface area (Å²) in [6, 6.07) is 16.8. The molecule has 0 aliphatic carbocycles. The van der Waals surface area contributed by atoms with Crippen LogP contribution in [0.25, 0.3) is 0 Å². The lowest BCUT2D eigenvalue weighted by atomic mass is 10.1. The number of nitrogens with zero attached hydrogens (tertiary/aromatic N) is 2. The minimum atomic E-state index is -0.405. The summed E-state index contributed by atoms with van der Waals surface area (Å²) >= 11 is 5.86. The van der Waals surface area contributed by atoms with E-state index in [9.17, 15) is 0 Å². The fourth-order valence-electron chi connectivity index (χ4n) is 2.05. The standard InChI is InChI=1S/C16H14ClN3O/c17-13-8-6-11(7-9-13)10-14-19-16(21-20-14)15(18)12-4-2-1-3-5-12/h1-9,15H,10,18H2/t15-/m0/s1. The van der Waals surface area contributed by atoms with Crippen molar-refractivity contribution in [1.82, 2.24) is 10.1 Å². The molecule has 0 bridgehead atoms. The van der Waals surface area contributed by atoms with Crippen LogP contribution in [-0.4, -0.2) is 10.1 Å². The van der Waals surface area contributed by atoms with Crippen LogP contribution in [0.5, 0.6) is 0 Å². The van der Waals surface area contributed by atoms with Crippen LogP contribution in [0.15, 0.2) is 59.1 Å². The van der Waals surface area contributed by atoms with Gasteiger partial charge in [0.1, 0.15) is 6.04 Å².